The summed E-state index contributed by atoms with van der Waals surface area (Å²) in [4.78, 5) is 11.2. The first-order valence-corrected chi connectivity index (χ1v) is 6.40. The number of benzene rings is 2. The van der Waals surface area contributed by atoms with Crippen molar-refractivity contribution in [3.63, 3.8) is 0 Å². The highest BCUT2D eigenvalue weighted by atomic mass is 16.5. The van der Waals surface area contributed by atoms with Gasteiger partial charge in [0.15, 0.2) is 11.5 Å². The van der Waals surface area contributed by atoms with E-state index in [0.717, 1.165) is 0 Å². The molecule has 1 N–H and O–H groups in total. The van der Waals surface area contributed by atoms with Crippen molar-refractivity contribution in [2.24, 2.45) is 0 Å². The predicted octanol–water partition coefficient (Wildman–Crippen LogP) is 3.65. The van der Waals surface area contributed by atoms with E-state index in [1.54, 1.807) is 24.3 Å². The highest BCUT2D eigenvalue weighted by Crippen LogP contribution is 2.41. The largest absolute Gasteiger partial charge is 0.504 e. The molecule has 2 rings (SSSR count). The molecule has 0 saturated carbocycles. The van der Waals surface area contributed by atoms with Gasteiger partial charge in [0.1, 0.15) is 11.4 Å². The Morgan fingerprint density at radius 1 is 1.10 bits per heavy atom. The van der Waals surface area contributed by atoms with E-state index in [9.17, 15) is 9.90 Å². The zero-order valence-corrected chi connectivity index (χ0v) is 12.1. The Bertz CT molecular complexity index is 653. The number of hydrogen-bond acceptors (Lipinski definition) is 4. The first-order chi connectivity index (χ1) is 9.28. The van der Waals surface area contributed by atoms with Crippen molar-refractivity contribution in [3.05, 3.63) is 30.3 Å². The molecule has 2 aromatic rings. The molecule has 0 heterocycles. The first-order valence-electron chi connectivity index (χ1n) is 6.40. The number of fused-ring (bicyclic) bond motifs is 1. The maximum atomic E-state index is 11.2. The third kappa shape index (κ3) is 3.02. The van der Waals surface area contributed by atoms with Gasteiger partial charge in [-0.15, -0.1) is 0 Å². The number of carbonyl (C=O) groups excluding carboxylic acids is 1. The molecule has 0 bridgehead atoms. The summed E-state index contributed by atoms with van der Waals surface area (Å²) in [7, 11) is 0. The van der Waals surface area contributed by atoms with Gasteiger partial charge in [0.25, 0.3) is 0 Å². The molecule has 0 atom stereocenters. The van der Waals surface area contributed by atoms with Gasteiger partial charge in [-0.2, -0.15) is 0 Å². The van der Waals surface area contributed by atoms with Gasteiger partial charge in [-0.05, 0) is 20.8 Å². The number of phenols is 1. The van der Waals surface area contributed by atoms with Crippen LogP contribution >= 0.6 is 0 Å². The number of ether oxygens (including phenoxy) is 2. The summed E-state index contributed by atoms with van der Waals surface area (Å²) in [6.07, 6.45) is 0. The van der Waals surface area contributed by atoms with Gasteiger partial charge in [-0.25, -0.2) is 0 Å². The van der Waals surface area contributed by atoms with Crippen molar-refractivity contribution < 1.29 is 19.4 Å². The maximum Gasteiger partial charge on any atom is 0.308 e. The summed E-state index contributed by atoms with van der Waals surface area (Å²) >= 11 is 0. The monoisotopic (exact) mass is 274 g/mol. The lowest BCUT2D eigenvalue weighted by Gasteiger charge is -2.23. The molecular weight excluding hydrogens is 256 g/mol. The van der Waals surface area contributed by atoms with E-state index in [1.165, 1.54) is 6.92 Å². The third-order valence-corrected chi connectivity index (χ3v) is 2.61. The van der Waals surface area contributed by atoms with Crippen LogP contribution in [0.4, 0.5) is 0 Å². The third-order valence-electron chi connectivity index (χ3n) is 2.61. The molecule has 0 saturated heterocycles. The summed E-state index contributed by atoms with van der Waals surface area (Å²) in [5.74, 6) is 0.312. The predicted molar refractivity (Wildman–Crippen MR) is 77.3 cm³/mol. The Morgan fingerprint density at radius 2 is 1.70 bits per heavy atom. The van der Waals surface area contributed by atoms with E-state index in [1.807, 2.05) is 26.8 Å². The summed E-state index contributed by atoms with van der Waals surface area (Å²) in [6, 6.07) is 8.71. The number of phenolic OH excluding ortho intramolecular Hbond substituents is 1. The topological polar surface area (TPSA) is 55.8 Å². The Kier molecular flexibility index (Phi) is 3.57. The molecule has 2 aromatic carbocycles. The summed E-state index contributed by atoms with van der Waals surface area (Å²) in [5, 5.41) is 11.6. The number of rotatable bonds is 2. The Hall–Kier alpha value is -2.23. The molecule has 0 radical (unpaired) electrons. The Balaban J connectivity index is 2.64. The minimum atomic E-state index is -0.465. The highest BCUT2D eigenvalue weighted by molar-refractivity contribution is 5.96. The quantitative estimate of drug-likeness (QED) is 0.671. The lowest BCUT2D eigenvalue weighted by molar-refractivity contribution is -0.131. The average molecular weight is 274 g/mol. The Labute approximate surface area is 117 Å². The van der Waals surface area contributed by atoms with Crippen LogP contribution in [0.5, 0.6) is 17.2 Å². The van der Waals surface area contributed by atoms with E-state index >= 15 is 0 Å². The van der Waals surface area contributed by atoms with E-state index in [4.69, 9.17) is 9.47 Å². The SMILES string of the molecule is CC(=O)Oc1cc(OC(C)(C)C)c(O)c2ccccc12. The number of hydrogen-bond donors (Lipinski definition) is 1. The number of aromatic hydroxyl groups is 1. The molecule has 106 valence electrons. The van der Waals surface area contributed by atoms with Crippen molar-refractivity contribution in [1.29, 1.82) is 0 Å². The molecule has 20 heavy (non-hydrogen) atoms. The van der Waals surface area contributed by atoms with Crippen LogP contribution in [-0.4, -0.2) is 16.7 Å². The van der Waals surface area contributed by atoms with Gasteiger partial charge in [0, 0.05) is 23.8 Å². The minimum absolute atomic E-state index is 0.0476. The van der Waals surface area contributed by atoms with Crippen LogP contribution in [0, 0.1) is 0 Å². The van der Waals surface area contributed by atoms with Crippen LogP contribution in [0.1, 0.15) is 27.7 Å². The molecule has 0 amide bonds. The van der Waals surface area contributed by atoms with Gasteiger partial charge in [-0.3, -0.25) is 4.79 Å². The van der Waals surface area contributed by atoms with Gasteiger partial charge >= 0.3 is 5.97 Å². The molecule has 0 unspecified atom stereocenters. The Morgan fingerprint density at radius 3 is 2.25 bits per heavy atom. The molecule has 0 spiro atoms. The summed E-state index contributed by atoms with van der Waals surface area (Å²) < 4.78 is 10.9. The van der Waals surface area contributed by atoms with Crippen LogP contribution in [-0.2, 0) is 4.79 Å². The number of esters is 1. The van der Waals surface area contributed by atoms with E-state index < -0.39 is 11.6 Å². The second-order valence-corrected chi connectivity index (χ2v) is 5.58. The lowest BCUT2D eigenvalue weighted by Crippen LogP contribution is -2.23. The van der Waals surface area contributed by atoms with E-state index in [0.29, 0.717) is 22.3 Å². The van der Waals surface area contributed by atoms with Gasteiger partial charge in [-0.1, -0.05) is 24.3 Å². The van der Waals surface area contributed by atoms with Crippen LogP contribution in [0.15, 0.2) is 30.3 Å². The van der Waals surface area contributed by atoms with Gasteiger partial charge in [0.05, 0.1) is 0 Å². The second kappa shape index (κ2) is 5.04. The smallest absolute Gasteiger partial charge is 0.308 e. The molecule has 0 fully saturated rings. The van der Waals surface area contributed by atoms with Crippen molar-refractivity contribution in [3.8, 4) is 17.2 Å². The fourth-order valence-electron chi connectivity index (χ4n) is 1.95. The lowest BCUT2D eigenvalue weighted by atomic mass is 10.1. The van der Waals surface area contributed by atoms with Crippen molar-refractivity contribution in [1.82, 2.24) is 0 Å². The molecule has 0 aliphatic rings. The van der Waals surface area contributed by atoms with Crippen LogP contribution < -0.4 is 9.47 Å². The van der Waals surface area contributed by atoms with Crippen molar-refractivity contribution in [2.75, 3.05) is 0 Å². The molecule has 0 aliphatic carbocycles. The average Bonchev–Trinajstić information content (AvgIpc) is 2.33. The van der Waals surface area contributed by atoms with E-state index in [-0.39, 0.29) is 5.75 Å². The summed E-state index contributed by atoms with van der Waals surface area (Å²) in [6.45, 7) is 6.99. The zero-order chi connectivity index (χ0) is 14.9. The van der Waals surface area contributed by atoms with Gasteiger partial charge in [0.2, 0.25) is 0 Å². The van der Waals surface area contributed by atoms with Crippen LogP contribution in [0.3, 0.4) is 0 Å². The number of carbonyl (C=O) groups is 1. The summed E-state index contributed by atoms with van der Waals surface area (Å²) in [5.41, 5.74) is -0.465. The molecule has 4 heteroatoms. The fraction of sp³-hybridized carbons (Fsp3) is 0.312. The standard InChI is InChI=1S/C16H18O4/c1-10(17)19-13-9-14(20-16(2,3)4)15(18)12-8-6-5-7-11(12)13/h5-9,18H,1-4H3. The molecular formula is C16H18O4. The van der Waals surface area contributed by atoms with Crippen molar-refractivity contribution in [2.45, 2.75) is 33.3 Å². The maximum absolute atomic E-state index is 11.2. The normalized spacial score (nSPS) is 11.4. The highest BCUT2D eigenvalue weighted by Gasteiger charge is 2.19. The molecule has 0 aliphatic heterocycles. The minimum Gasteiger partial charge on any atom is -0.504 e. The zero-order valence-electron chi connectivity index (χ0n) is 12.1. The molecule has 0 aromatic heterocycles. The molecule has 4 nitrogen and oxygen atoms in total. The fourth-order valence-corrected chi connectivity index (χ4v) is 1.95. The van der Waals surface area contributed by atoms with Crippen molar-refractivity contribution >= 4 is 16.7 Å². The van der Waals surface area contributed by atoms with Crippen LogP contribution in [0.25, 0.3) is 10.8 Å². The van der Waals surface area contributed by atoms with E-state index in [2.05, 4.69) is 0 Å². The second-order valence-electron chi connectivity index (χ2n) is 5.58. The van der Waals surface area contributed by atoms with Crippen LogP contribution in [0.2, 0.25) is 0 Å². The van der Waals surface area contributed by atoms with Gasteiger partial charge < -0.3 is 14.6 Å². The first kappa shape index (κ1) is 14.2.